The maximum Gasteiger partial charge on any atom is 0.224 e. The van der Waals surface area contributed by atoms with Crippen LogP contribution in [0.1, 0.15) is 45.7 Å². The average molecular weight is 315 g/mol. The Morgan fingerprint density at radius 2 is 2.13 bits per heavy atom. The lowest BCUT2D eigenvalue weighted by atomic mass is 10.1. The zero-order valence-electron chi connectivity index (χ0n) is 14.7. The van der Waals surface area contributed by atoms with E-state index in [0.717, 1.165) is 38.2 Å². The van der Waals surface area contributed by atoms with Gasteiger partial charge in [-0.05, 0) is 45.7 Å². The van der Waals surface area contributed by atoms with Crippen molar-refractivity contribution in [2.24, 2.45) is 0 Å². The van der Waals surface area contributed by atoms with Crippen molar-refractivity contribution in [2.75, 3.05) is 19.6 Å². The van der Waals surface area contributed by atoms with Crippen LogP contribution in [0.4, 0.5) is 0 Å². The molecule has 0 aromatic carbocycles. The first-order valence-electron chi connectivity index (χ1n) is 8.61. The highest BCUT2D eigenvalue weighted by Gasteiger charge is 2.23. The molecule has 0 aliphatic carbocycles. The van der Waals surface area contributed by atoms with E-state index in [1.54, 1.807) is 6.20 Å². The van der Waals surface area contributed by atoms with Crippen molar-refractivity contribution >= 4 is 5.91 Å². The van der Waals surface area contributed by atoms with Gasteiger partial charge in [0.15, 0.2) is 0 Å². The first-order chi connectivity index (χ1) is 11.1. The summed E-state index contributed by atoms with van der Waals surface area (Å²) < 4.78 is 0. The molecule has 126 valence electrons. The van der Waals surface area contributed by atoms with Gasteiger partial charge in [-0.15, -0.1) is 0 Å². The molecule has 1 aliphatic rings. The Labute approximate surface area is 140 Å². The van der Waals surface area contributed by atoms with Gasteiger partial charge in [0.05, 0.1) is 12.2 Å². The Kier molecular flexibility index (Phi) is 6.78. The Bertz CT molecular complexity index is 523. The van der Waals surface area contributed by atoms with Crippen LogP contribution in [0.3, 0.4) is 0 Å². The van der Waals surface area contributed by atoms with Crippen molar-refractivity contribution in [2.45, 2.75) is 52.6 Å². The van der Waals surface area contributed by atoms with E-state index in [-0.39, 0.29) is 5.91 Å². The normalized spacial score (nSPS) is 17.7. The van der Waals surface area contributed by atoms with Gasteiger partial charge in [-0.3, -0.25) is 14.7 Å². The maximum absolute atomic E-state index is 12.4. The monoisotopic (exact) mass is 315 g/mol. The summed E-state index contributed by atoms with van der Waals surface area (Å²) >= 11 is 0. The van der Waals surface area contributed by atoms with Crippen LogP contribution in [0.5, 0.6) is 0 Å². The number of carbonyl (C=O) groups excluding carboxylic acids is 1. The molecule has 0 saturated carbocycles. The topological polar surface area (TPSA) is 36.4 Å². The second-order valence-corrected chi connectivity index (χ2v) is 6.63. The average Bonchev–Trinajstić information content (AvgIpc) is 2.71. The number of carbonyl (C=O) groups is 1. The molecule has 1 unspecified atom stereocenters. The molecule has 4 nitrogen and oxygen atoms in total. The summed E-state index contributed by atoms with van der Waals surface area (Å²) in [5.74, 6) is 0.245. The lowest BCUT2D eigenvalue weighted by Crippen LogP contribution is -2.37. The standard InChI is InChI=1S/C19H29N3O/c1-16(2)7-6-8-17(3)21-12-10-19(23)22(14-13-21)15-18-9-4-5-11-20-18/h4-5,7,9,11,17H,6,8,10,12-15H2,1-3H3. The highest BCUT2D eigenvalue weighted by atomic mass is 16.2. The minimum atomic E-state index is 0.245. The predicted octanol–water partition coefficient (Wildman–Crippen LogP) is 3.25. The van der Waals surface area contributed by atoms with Gasteiger partial charge in [0, 0.05) is 38.3 Å². The second kappa shape index (κ2) is 8.82. The van der Waals surface area contributed by atoms with E-state index in [1.807, 2.05) is 23.1 Å². The van der Waals surface area contributed by atoms with Crippen LogP contribution in [0.25, 0.3) is 0 Å². The molecule has 2 rings (SSSR count). The number of hydrogen-bond acceptors (Lipinski definition) is 3. The van der Waals surface area contributed by atoms with E-state index < -0.39 is 0 Å². The zero-order valence-corrected chi connectivity index (χ0v) is 14.7. The van der Waals surface area contributed by atoms with Crippen molar-refractivity contribution in [1.82, 2.24) is 14.8 Å². The van der Waals surface area contributed by atoms with Crippen molar-refractivity contribution in [3.05, 3.63) is 41.7 Å². The summed E-state index contributed by atoms with van der Waals surface area (Å²) in [6, 6.07) is 6.39. The lowest BCUT2D eigenvalue weighted by molar-refractivity contribution is -0.131. The summed E-state index contributed by atoms with van der Waals surface area (Å²) in [6.07, 6.45) is 6.97. The fraction of sp³-hybridized carbons (Fsp3) is 0.579. The van der Waals surface area contributed by atoms with Gasteiger partial charge in [-0.2, -0.15) is 0 Å². The van der Waals surface area contributed by atoms with E-state index in [9.17, 15) is 4.79 Å². The molecular formula is C19H29N3O. The van der Waals surface area contributed by atoms with E-state index in [2.05, 4.69) is 36.7 Å². The molecule has 1 aromatic heterocycles. The Morgan fingerprint density at radius 3 is 2.83 bits per heavy atom. The molecule has 0 spiro atoms. The number of hydrogen-bond donors (Lipinski definition) is 0. The summed E-state index contributed by atoms with van der Waals surface area (Å²) in [5.41, 5.74) is 2.34. The second-order valence-electron chi connectivity index (χ2n) is 6.63. The Hall–Kier alpha value is -1.68. The minimum absolute atomic E-state index is 0.245. The van der Waals surface area contributed by atoms with Crippen LogP contribution in [0, 0.1) is 0 Å². The lowest BCUT2D eigenvalue weighted by Gasteiger charge is -2.27. The third-order valence-corrected chi connectivity index (χ3v) is 4.46. The largest absolute Gasteiger partial charge is 0.335 e. The minimum Gasteiger partial charge on any atom is -0.335 e. The molecule has 1 aliphatic heterocycles. The SMILES string of the molecule is CC(C)=CCCC(C)N1CCC(=O)N(Cc2ccccn2)CC1. The third kappa shape index (κ3) is 5.79. The van der Waals surface area contributed by atoms with Gasteiger partial charge < -0.3 is 4.90 Å². The van der Waals surface area contributed by atoms with Crippen LogP contribution in [-0.4, -0.2) is 46.4 Å². The fourth-order valence-electron chi connectivity index (χ4n) is 2.97. The third-order valence-electron chi connectivity index (χ3n) is 4.46. The Balaban J connectivity index is 1.87. The van der Waals surface area contributed by atoms with Crippen LogP contribution in [-0.2, 0) is 11.3 Å². The number of pyridine rings is 1. The number of amides is 1. The molecule has 1 amide bonds. The molecule has 1 fully saturated rings. The molecule has 1 aromatic rings. The van der Waals surface area contributed by atoms with Crippen LogP contribution in [0.15, 0.2) is 36.0 Å². The van der Waals surface area contributed by atoms with Crippen molar-refractivity contribution in [3.8, 4) is 0 Å². The molecule has 4 heteroatoms. The maximum atomic E-state index is 12.4. The predicted molar refractivity (Wildman–Crippen MR) is 94.0 cm³/mol. The first-order valence-corrected chi connectivity index (χ1v) is 8.61. The van der Waals surface area contributed by atoms with Crippen LogP contribution < -0.4 is 0 Å². The number of nitrogens with zero attached hydrogens (tertiary/aromatic N) is 3. The van der Waals surface area contributed by atoms with Gasteiger partial charge in [0.25, 0.3) is 0 Å². The van der Waals surface area contributed by atoms with Crippen molar-refractivity contribution in [1.29, 1.82) is 0 Å². The van der Waals surface area contributed by atoms with E-state index >= 15 is 0 Å². The molecule has 1 saturated heterocycles. The Morgan fingerprint density at radius 1 is 1.30 bits per heavy atom. The molecule has 2 heterocycles. The molecule has 0 radical (unpaired) electrons. The molecule has 23 heavy (non-hydrogen) atoms. The summed E-state index contributed by atoms with van der Waals surface area (Å²) in [7, 11) is 0. The zero-order chi connectivity index (χ0) is 16.7. The van der Waals surface area contributed by atoms with E-state index in [0.29, 0.717) is 19.0 Å². The summed E-state index contributed by atoms with van der Waals surface area (Å²) in [4.78, 5) is 21.1. The van der Waals surface area contributed by atoms with Gasteiger partial charge in [0.2, 0.25) is 5.91 Å². The highest BCUT2D eigenvalue weighted by molar-refractivity contribution is 5.76. The van der Waals surface area contributed by atoms with Gasteiger partial charge in [-0.1, -0.05) is 17.7 Å². The smallest absolute Gasteiger partial charge is 0.224 e. The highest BCUT2D eigenvalue weighted by Crippen LogP contribution is 2.14. The number of allylic oxidation sites excluding steroid dienone is 2. The van der Waals surface area contributed by atoms with Crippen LogP contribution >= 0.6 is 0 Å². The molecule has 1 atom stereocenters. The van der Waals surface area contributed by atoms with Gasteiger partial charge >= 0.3 is 0 Å². The van der Waals surface area contributed by atoms with E-state index in [1.165, 1.54) is 5.57 Å². The van der Waals surface area contributed by atoms with Gasteiger partial charge in [-0.25, -0.2) is 0 Å². The summed E-state index contributed by atoms with van der Waals surface area (Å²) in [5, 5.41) is 0. The van der Waals surface area contributed by atoms with Crippen molar-refractivity contribution < 1.29 is 4.79 Å². The van der Waals surface area contributed by atoms with Crippen LogP contribution in [0.2, 0.25) is 0 Å². The first kappa shape index (κ1) is 17.7. The summed E-state index contributed by atoms with van der Waals surface area (Å²) in [6.45, 7) is 9.80. The quantitative estimate of drug-likeness (QED) is 0.756. The number of rotatable bonds is 6. The van der Waals surface area contributed by atoms with E-state index in [4.69, 9.17) is 0 Å². The van der Waals surface area contributed by atoms with Crippen molar-refractivity contribution in [3.63, 3.8) is 0 Å². The number of aromatic nitrogens is 1. The molecule has 0 N–H and O–H groups in total. The van der Waals surface area contributed by atoms with Gasteiger partial charge in [0.1, 0.15) is 0 Å². The molecular weight excluding hydrogens is 286 g/mol. The molecule has 0 bridgehead atoms. The fourth-order valence-corrected chi connectivity index (χ4v) is 2.97.